The van der Waals surface area contributed by atoms with Crippen LogP contribution in [0.15, 0.2) is 41.3 Å². The van der Waals surface area contributed by atoms with E-state index in [1.807, 2.05) is 38.1 Å². The highest BCUT2D eigenvalue weighted by atomic mass is 32.2. The summed E-state index contributed by atoms with van der Waals surface area (Å²) in [7, 11) is -3.75. The lowest BCUT2D eigenvalue weighted by Crippen LogP contribution is -2.35. The van der Waals surface area contributed by atoms with Gasteiger partial charge in [0, 0.05) is 44.5 Å². The molecule has 2 N–H and O–H groups in total. The zero-order valence-corrected chi connectivity index (χ0v) is 24.2. The van der Waals surface area contributed by atoms with Gasteiger partial charge in [-0.25, -0.2) is 18.4 Å². The lowest BCUT2D eigenvalue weighted by Gasteiger charge is -2.32. The Balaban J connectivity index is 1.08. The number of hydrogen-bond donors (Lipinski definition) is 1. The highest BCUT2D eigenvalue weighted by Gasteiger charge is 2.33. The normalized spacial score (nSPS) is 17.9. The minimum absolute atomic E-state index is 0.0687. The smallest absolute Gasteiger partial charge is 0.410 e. The van der Waals surface area contributed by atoms with Crippen molar-refractivity contribution in [3.63, 3.8) is 0 Å². The first-order chi connectivity index (χ1) is 19.0. The molecule has 1 amide bonds. The number of nitrogens with two attached hydrogens (primary N) is 1. The van der Waals surface area contributed by atoms with Crippen molar-refractivity contribution in [2.75, 3.05) is 26.3 Å². The van der Waals surface area contributed by atoms with Crippen molar-refractivity contribution in [2.24, 2.45) is 5.14 Å². The minimum atomic E-state index is -3.75. The molecule has 0 spiro atoms. The molecular formula is C30H38N2O7S. The summed E-state index contributed by atoms with van der Waals surface area (Å²) in [5.41, 5.74) is 3.33. The van der Waals surface area contributed by atoms with E-state index in [0.29, 0.717) is 44.9 Å². The number of hydrogen-bond acceptors (Lipinski definition) is 7. The summed E-state index contributed by atoms with van der Waals surface area (Å²) >= 11 is 0. The van der Waals surface area contributed by atoms with E-state index in [2.05, 4.69) is 11.8 Å². The summed E-state index contributed by atoms with van der Waals surface area (Å²) in [6.45, 7) is 8.42. The molecule has 0 aliphatic carbocycles. The predicted molar refractivity (Wildman–Crippen MR) is 150 cm³/mol. The molecule has 10 heteroatoms. The summed E-state index contributed by atoms with van der Waals surface area (Å²) in [5, 5.41) is 5.21. The second-order valence-corrected chi connectivity index (χ2v) is 12.2. The van der Waals surface area contributed by atoms with Crippen LogP contribution in [0.25, 0.3) is 0 Å². The molecule has 216 valence electrons. The summed E-state index contributed by atoms with van der Waals surface area (Å²) < 4.78 is 46.0. The van der Waals surface area contributed by atoms with Crippen molar-refractivity contribution in [2.45, 2.75) is 76.3 Å². The fraction of sp³-hybridized carbons (Fsp3) is 0.500. The Bertz CT molecular complexity index is 1380. The van der Waals surface area contributed by atoms with Gasteiger partial charge >= 0.3 is 6.09 Å². The first kappa shape index (κ1) is 29.9. The van der Waals surface area contributed by atoms with Crippen LogP contribution in [0.4, 0.5) is 4.79 Å². The monoisotopic (exact) mass is 570 g/mol. The molecule has 1 saturated heterocycles. The Hall–Kier alpha value is -3.10. The number of unbranched alkanes of at least 4 members (excludes halogenated alkanes) is 3. The summed E-state index contributed by atoms with van der Waals surface area (Å²) in [6.07, 6.45) is 3.86. The standard InChI is InChI=1S/C30H38N2O7S/c1-22-16-23(18-26(17-22)40(31,34)35)10-6-9-15-36-14-8-5-4-7-13-32-20-28(38-29(32)33)24-11-12-27-25(19-24)21-37-30(2,3)39-27/h11-12,16-19,28H,4-5,7-9,13-15,20-21H2,1-3H3,(H2,31,34,35). The first-order valence-electron chi connectivity index (χ1n) is 13.6. The number of amides is 1. The van der Waals surface area contributed by atoms with Crippen molar-refractivity contribution in [3.05, 3.63) is 58.7 Å². The van der Waals surface area contributed by atoms with Gasteiger partial charge in [-0.1, -0.05) is 30.7 Å². The van der Waals surface area contributed by atoms with Crippen LogP contribution < -0.4 is 9.88 Å². The van der Waals surface area contributed by atoms with Crippen LogP contribution in [-0.2, 0) is 30.8 Å². The van der Waals surface area contributed by atoms with Crippen molar-refractivity contribution in [1.82, 2.24) is 4.90 Å². The molecule has 2 aliphatic rings. The van der Waals surface area contributed by atoms with E-state index in [4.69, 9.17) is 24.1 Å². The van der Waals surface area contributed by atoms with Gasteiger partial charge in [0.15, 0.2) is 0 Å². The van der Waals surface area contributed by atoms with Gasteiger partial charge in [-0.05, 0) is 61.2 Å². The molecule has 2 heterocycles. The molecule has 0 saturated carbocycles. The molecule has 2 aromatic carbocycles. The predicted octanol–water partition coefficient (Wildman–Crippen LogP) is 4.80. The maximum absolute atomic E-state index is 12.4. The quantitative estimate of drug-likeness (QED) is 0.305. The summed E-state index contributed by atoms with van der Waals surface area (Å²) in [5.74, 6) is 6.16. The number of fused-ring (bicyclic) bond motifs is 1. The average Bonchev–Trinajstić information content (AvgIpc) is 3.26. The number of cyclic esters (lactones) is 1. The third-order valence-corrected chi connectivity index (χ3v) is 7.62. The van der Waals surface area contributed by atoms with Crippen LogP contribution in [0.2, 0.25) is 0 Å². The Morgan fingerprint density at radius 2 is 1.90 bits per heavy atom. The molecular weight excluding hydrogens is 532 g/mol. The van der Waals surface area contributed by atoms with E-state index < -0.39 is 15.8 Å². The largest absolute Gasteiger partial charge is 0.463 e. The molecule has 1 unspecified atom stereocenters. The molecule has 1 fully saturated rings. The van der Waals surface area contributed by atoms with E-state index in [1.54, 1.807) is 11.8 Å². The Morgan fingerprint density at radius 1 is 1.10 bits per heavy atom. The fourth-order valence-corrected chi connectivity index (χ4v) is 5.30. The number of benzene rings is 2. The van der Waals surface area contributed by atoms with Gasteiger partial charge in [0.1, 0.15) is 11.9 Å². The highest BCUT2D eigenvalue weighted by Crippen LogP contribution is 2.35. The minimum Gasteiger partial charge on any atom is -0.463 e. The molecule has 4 rings (SSSR count). The van der Waals surface area contributed by atoms with E-state index in [0.717, 1.165) is 48.1 Å². The third-order valence-electron chi connectivity index (χ3n) is 6.73. The number of aryl methyl sites for hydroxylation is 1. The van der Waals surface area contributed by atoms with Crippen LogP contribution >= 0.6 is 0 Å². The second-order valence-electron chi connectivity index (χ2n) is 10.6. The van der Waals surface area contributed by atoms with Crippen molar-refractivity contribution < 1.29 is 32.2 Å². The summed E-state index contributed by atoms with van der Waals surface area (Å²) in [4.78, 5) is 14.2. The van der Waals surface area contributed by atoms with E-state index in [1.165, 1.54) is 12.1 Å². The molecule has 0 aromatic heterocycles. The van der Waals surface area contributed by atoms with Crippen molar-refractivity contribution >= 4 is 16.1 Å². The van der Waals surface area contributed by atoms with Gasteiger partial charge in [0.05, 0.1) is 24.7 Å². The lowest BCUT2D eigenvalue weighted by molar-refractivity contribution is -0.180. The number of sulfonamides is 1. The van der Waals surface area contributed by atoms with E-state index >= 15 is 0 Å². The number of nitrogens with zero attached hydrogens (tertiary/aromatic N) is 1. The van der Waals surface area contributed by atoms with Gasteiger partial charge < -0.3 is 23.8 Å². The Kier molecular flexibility index (Phi) is 9.74. The lowest BCUT2D eigenvalue weighted by atomic mass is 10.0. The third kappa shape index (κ3) is 8.45. The SMILES string of the molecule is Cc1cc(C#CCCOCCCCCCN2CC(c3ccc4c(c3)COC(C)(C)O4)OC2=O)cc(S(N)(=O)=O)c1. The number of carbonyl (C=O) groups is 1. The molecule has 2 aromatic rings. The van der Waals surface area contributed by atoms with Crippen LogP contribution in [-0.4, -0.2) is 51.5 Å². The van der Waals surface area contributed by atoms with E-state index in [9.17, 15) is 13.2 Å². The maximum atomic E-state index is 12.4. The molecule has 1 atom stereocenters. The van der Waals surface area contributed by atoms with Crippen molar-refractivity contribution in [3.8, 4) is 17.6 Å². The average molecular weight is 571 g/mol. The van der Waals surface area contributed by atoms with Gasteiger partial charge in [-0.3, -0.25) is 0 Å². The van der Waals surface area contributed by atoms with Crippen molar-refractivity contribution in [1.29, 1.82) is 0 Å². The fourth-order valence-electron chi connectivity index (χ4n) is 4.66. The zero-order chi connectivity index (χ0) is 28.8. The van der Waals surface area contributed by atoms with Gasteiger partial charge in [-0.15, -0.1) is 0 Å². The summed E-state index contributed by atoms with van der Waals surface area (Å²) in [6, 6.07) is 10.7. The Morgan fingerprint density at radius 3 is 2.70 bits per heavy atom. The maximum Gasteiger partial charge on any atom is 0.410 e. The van der Waals surface area contributed by atoms with Crippen LogP contribution in [0, 0.1) is 18.8 Å². The number of ether oxygens (including phenoxy) is 4. The Labute approximate surface area is 237 Å². The van der Waals surface area contributed by atoms with Crippen LogP contribution in [0.3, 0.4) is 0 Å². The topological polar surface area (TPSA) is 117 Å². The van der Waals surface area contributed by atoms with Crippen LogP contribution in [0.5, 0.6) is 5.75 Å². The number of rotatable bonds is 11. The first-order valence-corrected chi connectivity index (χ1v) is 15.2. The van der Waals surface area contributed by atoms with Gasteiger partial charge in [0.2, 0.25) is 15.8 Å². The molecule has 0 bridgehead atoms. The highest BCUT2D eigenvalue weighted by molar-refractivity contribution is 7.89. The second kappa shape index (κ2) is 13.0. The van der Waals surface area contributed by atoms with Gasteiger partial charge in [-0.2, -0.15) is 0 Å². The molecule has 40 heavy (non-hydrogen) atoms. The zero-order valence-electron chi connectivity index (χ0n) is 23.4. The molecule has 0 radical (unpaired) electrons. The van der Waals surface area contributed by atoms with Gasteiger partial charge in [0.25, 0.3) is 0 Å². The number of carbonyl (C=O) groups excluding carboxylic acids is 1. The number of primary sulfonamides is 1. The molecule has 2 aliphatic heterocycles. The molecule has 9 nitrogen and oxygen atoms in total. The van der Waals surface area contributed by atoms with E-state index in [-0.39, 0.29) is 17.1 Å². The van der Waals surface area contributed by atoms with Crippen LogP contribution in [0.1, 0.15) is 74.3 Å².